The number of amides is 2. The van der Waals surface area contributed by atoms with Gasteiger partial charge in [-0.05, 0) is 92.3 Å². The lowest BCUT2D eigenvalue weighted by Crippen LogP contribution is -2.37. The normalized spacial score (nSPS) is 31.2. The van der Waals surface area contributed by atoms with Crippen molar-refractivity contribution in [3.8, 4) is 0 Å². The van der Waals surface area contributed by atoms with Crippen LogP contribution in [0.2, 0.25) is 0 Å². The molecule has 0 saturated heterocycles. The Kier molecular flexibility index (Phi) is 11.1. The van der Waals surface area contributed by atoms with E-state index in [-0.39, 0.29) is 48.3 Å². The van der Waals surface area contributed by atoms with Gasteiger partial charge in [0.05, 0.1) is 11.8 Å². The van der Waals surface area contributed by atoms with Gasteiger partial charge in [0.2, 0.25) is 11.8 Å². The molecule has 45 heavy (non-hydrogen) atoms. The first-order chi connectivity index (χ1) is 21.2. The number of esters is 1. The third kappa shape index (κ3) is 8.14. The summed E-state index contributed by atoms with van der Waals surface area (Å²) in [5.74, 6) is 2.14. The lowest BCUT2D eigenvalue weighted by molar-refractivity contribution is -0.340. The van der Waals surface area contributed by atoms with Crippen molar-refractivity contribution in [2.45, 2.75) is 107 Å². The van der Waals surface area contributed by atoms with E-state index in [1.807, 2.05) is 19.9 Å². The summed E-state index contributed by atoms with van der Waals surface area (Å²) in [4.78, 5) is 57.4. The fourth-order valence-corrected chi connectivity index (χ4v) is 7.78. The zero-order chi connectivity index (χ0) is 33.2. The Morgan fingerprint density at radius 1 is 0.844 bits per heavy atom. The van der Waals surface area contributed by atoms with Crippen LogP contribution in [0.1, 0.15) is 110 Å². The Morgan fingerprint density at radius 2 is 1.38 bits per heavy atom. The fraction of sp³-hybridized carbons (Fsp3) is 0.657. The molecule has 0 aromatic carbocycles. The van der Waals surface area contributed by atoms with E-state index in [9.17, 15) is 14.4 Å². The van der Waals surface area contributed by atoms with Gasteiger partial charge in [0.25, 0.3) is 0 Å². The van der Waals surface area contributed by atoms with Gasteiger partial charge < -0.3 is 20.4 Å². The Balaban J connectivity index is 1.60. The standard InChI is InChI=1S/C35H52N4O6/c1-17-11-19(3)31(20(4)12-17)44-35(42)30-24(8)29(39-34(30)37-26(10)41)15-28-23(7)27(33(38-28)36-25(9)40)16-43-45-32-21(5)13-18(2)14-22(32)6/h15,17-22,31-32,39H,11-14,16H2,1-10H3,(H,37,41)(H,36,38,40). The van der Waals surface area contributed by atoms with Gasteiger partial charge in [0, 0.05) is 25.1 Å². The Labute approximate surface area is 267 Å². The number of aliphatic imine (C=N–C) groups is 1. The fourth-order valence-electron chi connectivity index (χ4n) is 7.78. The van der Waals surface area contributed by atoms with Gasteiger partial charge in [-0.15, -0.1) is 0 Å². The molecule has 1 aromatic heterocycles. The predicted molar refractivity (Wildman–Crippen MR) is 175 cm³/mol. The monoisotopic (exact) mass is 624 g/mol. The number of amidine groups is 1. The number of hydrogen-bond donors (Lipinski definition) is 3. The minimum absolute atomic E-state index is 0.00500. The number of carbonyl (C=O) groups is 3. The molecule has 0 bridgehead atoms. The van der Waals surface area contributed by atoms with Gasteiger partial charge in [-0.2, -0.15) is 0 Å². The number of rotatable bonds is 8. The Hall–Kier alpha value is -3.24. The highest BCUT2D eigenvalue weighted by atomic mass is 17.2. The van der Waals surface area contributed by atoms with Crippen LogP contribution in [0.3, 0.4) is 0 Å². The van der Waals surface area contributed by atoms with Crippen LogP contribution in [-0.4, -0.2) is 47.4 Å². The van der Waals surface area contributed by atoms with E-state index in [2.05, 4.69) is 57.2 Å². The second kappa shape index (κ2) is 14.5. The maximum absolute atomic E-state index is 13.6. The first-order valence-corrected chi connectivity index (χ1v) is 16.4. The lowest BCUT2D eigenvalue weighted by atomic mass is 9.75. The summed E-state index contributed by atoms with van der Waals surface area (Å²) < 4.78 is 6.11. The van der Waals surface area contributed by atoms with Gasteiger partial charge in [0.15, 0.2) is 0 Å². The first kappa shape index (κ1) is 34.6. The first-order valence-electron chi connectivity index (χ1n) is 16.4. The molecule has 0 spiro atoms. The summed E-state index contributed by atoms with van der Waals surface area (Å²) in [5, 5.41) is 5.58. The van der Waals surface area contributed by atoms with Crippen molar-refractivity contribution in [1.29, 1.82) is 0 Å². The van der Waals surface area contributed by atoms with E-state index < -0.39 is 5.97 Å². The number of allylic oxidation sites excluding steroid dienone is 1. The molecule has 1 aromatic rings. The summed E-state index contributed by atoms with van der Waals surface area (Å²) in [5.41, 5.74) is 3.63. The van der Waals surface area contributed by atoms with Crippen molar-refractivity contribution in [3.05, 3.63) is 33.7 Å². The maximum Gasteiger partial charge on any atom is 0.342 e. The van der Waals surface area contributed by atoms with Crippen LogP contribution in [0.15, 0.2) is 21.8 Å². The molecule has 3 N–H and O–H groups in total. The molecule has 4 atom stereocenters. The van der Waals surface area contributed by atoms with Gasteiger partial charge in [-0.1, -0.05) is 41.5 Å². The average Bonchev–Trinajstić information content (AvgIpc) is 3.36. The average molecular weight is 625 g/mol. The van der Waals surface area contributed by atoms with Crippen molar-refractivity contribution in [2.75, 3.05) is 11.9 Å². The minimum Gasteiger partial charge on any atom is -0.458 e. The van der Waals surface area contributed by atoms with Crippen LogP contribution in [0.5, 0.6) is 0 Å². The second-order valence-corrected chi connectivity index (χ2v) is 14.1. The molecule has 2 amide bonds. The van der Waals surface area contributed by atoms with Gasteiger partial charge in [-0.25, -0.2) is 19.6 Å². The number of anilines is 1. The van der Waals surface area contributed by atoms with Crippen molar-refractivity contribution < 1.29 is 28.9 Å². The highest BCUT2D eigenvalue weighted by molar-refractivity contribution is 6.11. The molecule has 4 rings (SSSR count). The molecule has 0 radical (unpaired) electrons. The van der Waals surface area contributed by atoms with Crippen molar-refractivity contribution in [3.63, 3.8) is 0 Å². The zero-order valence-electron chi connectivity index (χ0n) is 28.6. The van der Waals surface area contributed by atoms with Crippen molar-refractivity contribution in [2.24, 2.45) is 40.5 Å². The number of nitrogens with one attached hydrogen (secondary N) is 3. The smallest absolute Gasteiger partial charge is 0.342 e. The molecule has 1 aliphatic heterocycles. The molecule has 2 aliphatic carbocycles. The molecule has 10 nitrogen and oxygen atoms in total. The summed E-state index contributed by atoms with van der Waals surface area (Å²) >= 11 is 0. The summed E-state index contributed by atoms with van der Waals surface area (Å²) in [6.07, 6.45) is 5.79. The van der Waals surface area contributed by atoms with Crippen molar-refractivity contribution in [1.82, 2.24) is 10.3 Å². The Morgan fingerprint density at radius 3 is 1.91 bits per heavy atom. The maximum atomic E-state index is 13.6. The van der Waals surface area contributed by atoms with Gasteiger partial charge >= 0.3 is 5.97 Å². The SMILES string of the molecule is CC(=O)NC1=NC(=Cc2[nH]c(NC(C)=O)c(C(=O)OC3C(C)CC(C)CC3C)c2C)C(C)=C1COOC1C(C)CC(C)CC1C. The van der Waals surface area contributed by atoms with Crippen LogP contribution >= 0.6 is 0 Å². The van der Waals surface area contributed by atoms with Crippen LogP contribution in [-0.2, 0) is 24.1 Å². The van der Waals surface area contributed by atoms with E-state index in [1.165, 1.54) is 13.8 Å². The zero-order valence-corrected chi connectivity index (χ0v) is 28.6. The number of nitrogens with zero attached hydrogens (tertiary/aromatic N) is 1. The highest BCUT2D eigenvalue weighted by Gasteiger charge is 2.36. The molecule has 2 heterocycles. The number of aromatic amines is 1. The van der Waals surface area contributed by atoms with Gasteiger partial charge in [0.1, 0.15) is 29.9 Å². The van der Waals surface area contributed by atoms with Crippen LogP contribution < -0.4 is 10.6 Å². The molecule has 4 unspecified atom stereocenters. The highest BCUT2D eigenvalue weighted by Crippen LogP contribution is 2.38. The number of hydrogen-bond acceptors (Lipinski definition) is 7. The number of ether oxygens (including phenoxy) is 1. The Bertz CT molecular complexity index is 1370. The van der Waals surface area contributed by atoms with Crippen LogP contribution in [0.4, 0.5) is 5.82 Å². The minimum atomic E-state index is -0.469. The van der Waals surface area contributed by atoms with Crippen molar-refractivity contribution >= 4 is 35.5 Å². The molecule has 10 heteroatoms. The lowest BCUT2D eigenvalue weighted by Gasteiger charge is -2.37. The third-order valence-corrected chi connectivity index (χ3v) is 9.69. The van der Waals surface area contributed by atoms with Crippen LogP contribution in [0.25, 0.3) is 6.08 Å². The molecule has 2 fully saturated rings. The van der Waals surface area contributed by atoms with E-state index in [0.29, 0.717) is 57.6 Å². The molecule has 3 aliphatic rings. The number of carbonyl (C=O) groups excluding carboxylic acids is 3. The predicted octanol–water partition coefficient (Wildman–Crippen LogP) is 6.73. The second-order valence-electron chi connectivity index (χ2n) is 14.1. The summed E-state index contributed by atoms with van der Waals surface area (Å²) in [7, 11) is 0. The van der Waals surface area contributed by atoms with E-state index >= 15 is 0 Å². The molecular weight excluding hydrogens is 572 g/mol. The largest absolute Gasteiger partial charge is 0.458 e. The number of H-pyrrole nitrogens is 1. The topological polar surface area (TPSA) is 131 Å². The van der Waals surface area contributed by atoms with E-state index in [0.717, 1.165) is 31.3 Å². The summed E-state index contributed by atoms with van der Waals surface area (Å²) in [6, 6.07) is 0. The van der Waals surface area contributed by atoms with E-state index in [1.54, 1.807) is 0 Å². The third-order valence-electron chi connectivity index (χ3n) is 9.69. The molecule has 2 saturated carbocycles. The quantitative estimate of drug-likeness (QED) is 0.167. The number of aromatic nitrogens is 1. The van der Waals surface area contributed by atoms with E-state index in [4.69, 9.17) is 19.5 Å². The molecule has 248 valence electrons. The van der Waals surface area contributed by atoms with Crippen LogP contribution in [0, 0.1) is 42.4 Å². The summed E-state index contributed by atoms with van der Waals surface area (Å²) in [6.45, 7) is 19.8. The van der Waals surface area contributed by atoms with Gasteiger partial charge in [-0.3, -0.25) is 9.59 Å². The molecular formula is C35H52N4O6.